The number of hydrogen-bond acceptors (Lipinski definition) is 4. The minimum absolute atomic E-state index is 0.174. The Morgan fingerprint density at radius 2 is 1.92 bits per heavy atom. The lowest BCUT2D eigenvalue weighted by Crippen LogP contribution is -2.39. The molecule has 0 aromatic carbocycles. The SMILES string of the molecule is CC(C)=C1[C@H](CO)C(O)[C@@H](N)[C@H]1O. The third-order valence-electron chi connectivity index (χ3n) is 2.66. The molecule has 13 heavy (non-hydrogen) atoms. The molecule has 0 radical (unpaired) electrons. The van der Waals surface area contributed by atoms with Crippen LogP contribution < -0.4 is 5.73 Å². The average Bonchev–Trinajstić information content (AvgIpc) is 2.29. The Kier molecular flexibility index (Phi) is 3.08. The maximum atomic E-state index is 9.65. The summed E-state index contributed by atoms with van der Waals surface area (Å²) in [5, 5.41) is 28.2. The molecule has 1 rings (SSSR count). The van der Waals surface area contributed by atoms with Crippen LogP contribution in [0.3, 0.4) is 0 Å². The van der Waals surface area contributed by atoms with E-state index in [4.69, 9.17) is 10.8 Å². The molecule has 1 aliphatic rings. The van der Waals surface area contributed by atoms with Gasteiger partial charge in [0.25, 0.3) is 0 Å². The zero-order valence-corrected chi connectivity index (χ0v) is 7.94. The van der Waals surface area contributed by atoms with E-state index in [9.17, 15) is 10.2 Å². The molecule has 0 heterocycles. The van der Waals surface area contributed by atoms with Gasteiger partial charge in [0.2, 0.25) is 0 Å². The van der Waals surface area contributed by atoms with Crippen molar-refractivity contribution in [3.8, 4) is 0 Å². The fourth-order valence-corrected chi connectivity index (χ4v) is 1.94. The number of aliphatic hydroxyl groups excluding tert-OH is 3. The zero-order chi connectivity index (χ0) is 10.2. The molecule has 1 unspecified atom stereocenters. The minimum Gasteiger partial charge on any atom is -0.396 e. The summed E-state index contributed by atoms with van der Waals surface area (Å²) < 4.78 is 0. The molecule has 1 fully saturated rings. The lowest BCUT2D eigenvalue weighted by molar-refractivity contribution is 0.0763. The van der Waals surface area contributed by atoms with Crippen molar-refractivity contribution >= 4 is 0 Å². The average molecular weight is 187 g/mol. The first-order valence-electron chi connectivity index (χ1n) is 4.40. The van der Waals surface area contributed by atoms with Gasteiger partial charge in [-0.2, -0.15) is 0 Å². The second kappa shape index (κ2) is 3.75. The summed E-state index contributed by atoms with van der Waals surface area (Å²) in [6.07, 6.45) is -1.66. The highest BCUT2D eigenvalue weighted by Gasteiger charge is 2.43. The summed E-state index contributed by atoms with van der Waals surface area (Å²) in [6, 6.07) is -0.679. The molecule has 0 aliphatic heterocycles. The molecular weight excluding hydrogens is 170 g/mol. The van der Waals surface area contributed by atoms with E-state index in [2.05, 4.69) is 0 Å². The number of rotatable bonds is 1. The predicted octanol–water partition coefficient (Wildman–Crippen LogP) is -1.01. The summed E-state index contributed by atoms with van der Waals surface area (Å²) >= 11 is 0. The second-order valence-corrected chi connectivity index (χ2v) is 3.76. The van der Waals surface area contributed by atoms with E-state index >= 15 is 0 Å². The van der Waals surface area contributed by atoms with Gasteiger partial charge in [-0.05, 0) is 19.4 Å². The molecule has 0 amide bonds. The van der Waals surface area contributed by atoms with E-state index in [1.807, 2.05) is 13.8 Å². The monoisotopic (exact) mass is 187 g/mol. The minimum atomic E-state index is -0.843. The van der Waals surface area contributed by atoms with Crippen LogP contribution in [0.1, 0.15) is 13.8 Å². The Balaban J connectivity index is 3.02. The van der Waals surface area contributed by atoms with Crippen molar-refractivity contribution in [3.63, 3.8) is 0 Å². The van der Waals surface area contributed by atoms with Crippen molar-refractivity contribution in [2.75, 3.05) is 6.61 Å². The molecule has 1 aliphatic carbocycles. The normalized spacial score (nSPS) is 39.7. The molecule has 0 spiro atoms. The first-order chi connectivity index (χ1) is 6.00. The van der Waals surface area contributed by atoms with Crippen LogP contribution in [0.5, 0.6) is 0 Å². The van der Waals surface area contributed by atoms with Crippen molar-refractivity contribution in [1.29, 1.82) is 0 Å². The van der Waals surface area contributed by atoms with E-state index < -0.39 is 24.2 Å². The van der Waals surface area contributed by atoms with Crippen LogP contribution in [-0.4, -0.2) is 40.2 Å². The van der Waals surface area contributed by atoms with Crippen LogP contribution in [0.2, 0.25) is 0 Å². The lowest BCUT2D eigenvalue weighted by atomic mass is 9.97. The van der Waals surface area contributed by atoms with Crippen molar-refractivity contribution in [2.24, 2.45) is 11.7 Å². The van der Waals surface area contributed by atoms with Gasteiger partial charge in [0.1, 0.15) is 0 Å². The highest BCUT2D eigenvalue weighted by Crippen LogP contribution is 2.33. The van der Waals surface area contributed by atoms with E-state index in [0.29, 0.717) is 5.57 Å². The van der Waals surface area contributed by atoms with E-state index in [1.165, 1.54) is 0 Å². The molecule has 0 saturated heterocycles. The highest BCUT2D eigenvalue weighted by atomic mass is 16.3. The molecule has 0 bridgehead atoms. The van der Waals surface area contributed by atoms with Crippen LogP contribution in [0.25, 0.3) is 0 Å². The van der Waals surface area contributed by atoms with Gasteiger partial charge in [0.15, 0.2) is 0 Å². The van der Waals surface area contributed by atoms with E-state index in [0.717, 1.165) is 5.57 Å². The van der Waals surface area contributed by atoms with Crippen molar-refractivity contribution in [3.05, 3.63) is 11.1 Å². The third kappa shape index (κ3) is 1.62. The maximum absolute atomic E-state index is 9.65. The summed E-state index contributed by atoms with van der Waals surface area (Å²) in [7, 11) is 0. The standard InChI is InChI=1S/C9H17NO3/c1-4(2)6-5(3-11)8(12)7(10)9(6)13/h5,7-9,11-13H,3,10H2,1-2H3/t5-,7+,8?,9-/m0/s1. The lowest BCUT2D eigenvalue weighted by Gasteiger charge is -2.14. The topological polar surface area (TPSA) is 86.7 Å². The van der Waals surface area contributed by atoms with Gasteiger partial charge in [-0.25, -0.2) is 0 Å². The Bertz CT molecular complexity index is 223. The van der Waals surface area contributed by atoms with Gasteiger partial charge in [0, 0.05) is 5.92 Å². The molecule has 5 N–H and O–H groups in total. The van der Waals surface area contributed by atoms with Crippen LogP contribution in [-0.2, 0) is 0 Å². The maximum Gasteiger partial charge on any atom is 0.0933 e. The van der Waals surface area contributed by atoms with Gasteiger partial charge in [-0.3, -0.25) is 0 Å². The van der Waals surface area contributed by atoms with Crippen LogP contribution in [0.4, 0.5) is 0 Å². The molecule has 1 saturated carbocycles. The Morgan fingerprint density at radius 1 is 1.38 bits per heavy atom. The molecule has 76 valence electrons. The smallest absolute Gasteiger partial charge is 0.0933 e. The molecular formula is C9H17NO3. The first-order valence-corrected chi connectivity index (χ1v) is 4.40. The van der Waals surface area contributed by atoms with E-state index in [-0.39, 0.29) is 6.61 Å². The highest BCUT2D eigenvalue weighted by molar-refractivity contribution is 5.28. The predicted molar refractivity (Wildman–Crippen MR) is 48.9 cm³/mol. The fourth-order valence-electron chi connectivity index (χ4n) is 1.94. The van der Waals surface area contributed by atoms with Crippen molar-refractivity contribution < 1.29 is 15.3 Å². The van der Waals surface area contributed by atoms with Gasteiger partial charge in [-0.1, -0.05) is 5.57 Å². The summed E-state index contributed by atoms with van der Waals surface area (Å²) in [5.41, 5.74) is 7.17. The van der Waals surface area contributed by atoms with Gasteiger partial charge < -0.3 is 21.1 Å². The number of hydrogen-bond donors (Lipinski definition) is 4. The van der Waals surface area contributed by atoms with Crippen LogP contribution in [0.15, 0.2) is 11.1 Å². The summed E-state index contributed by atoms with van der Waals surface area (Å²) in [4.78, 5) is 0. The molecule has 0 aromatic heterocycles. The molecule has 4 atom stereocenters. The number of aliphatic hydroxyl groups is 3. The molecule has 4 heteroatoms. The largest absolute Gasteiger partial charge is 0.396 e. The Labute approximate surface area is 77.7 Å². The number of allylic oxidation sites excluding steroid dienone is 1. The van der Waals surface area contributed by atoms with Crippen molar-refractivity contribution in [2.45, 2.75) is 32.1 Å². The zero-order valence-electron chi connectivity index (χ0n) is 7.94. The van der Waals surface area contributed by atoms with E-state index in [1.54, 1.807) is 0 Å². The molecule has 0 aromatic rings. The van der Waals surface area contributed by atoms with Crippen LogP contribution >= 0.6 is 0 Å². The first kappa shape index (κ1) is 10.7. The second-order valence-electron chi connectivity index (χ2n) is 3.76. The Morgan fingerprint density at radius 3 is 2.23 bits per heavy atom. The quantitative estimate of drug-likeness (QED) is 0.396. The van der Waals surface area contributed by atoms with Gasteiger partial charge in [-0.15, -0.1) is 0 Å². The third-order valence-corrected chi connectivity index (χ3v) is 2.66. The summed E-state index contributed by atoms with van der Waals surface area (Å²) in [6.45, 7) is 3.50. The Hall–Kier alpha value is -0.420. The molecule has 4 nitrogen and oxygen atoms in total. The van der Waals surface area contributed by atoms with Gasteiger partial charge >= 0.3 is 0 Å². The summed E-state index contributed by atoms with van der Waals surface area (Å²) in [5.74, 6) is -0.407. The van der Waals surface area contributed by atoms with Gasteiger partial charge in [0.05, 0.1) is 24.9 Å². The number of nitrogens with two attached hydrogens (primary N) is 1. The van der Waals surface area contributed by atoms with Crippen molar-refractivity contribution in [1.82, 2.24) is 0 Å². The fraction of sp³-hybridized carbons (Fsp3) is 0.778. The van der Waals surface area contributed by atoms with Crippen LogP contribution in [0, 0.1) is 5.92 Å².